The molecule has 8 heteroatoms. The molecular formula is C18H20BrN3O4. The van der Waals surface area contributed by atoms with E-state index in [1.54, 1.807) is 0 Å². The number of nitrogens with one attached hydrogen (secondary N) is 1. The lowest BCUT2D eigenvalue weighted by molar-refractivity contribution is -0.384. The average molecular weight is 422 g/mol. The smallest absolute Gasteiger partial charge is 0.270 e. The van der Waals surface area contributed by atoms with Crippen LogP contribution in [0.4, 0.5) is 11.4 Å². The maximum absolute atomic E-state index is 12.8. The number of rotatable bonds is 4. The molecule has 7 nitrogen and oxygen atoms in total. The van der Waals surface area contributed by atoms with E-state index in [-0.39, 0.29) is 23.4 Å². The molecule has 2 aliphatic rings. The maximum Gasteiger partial charge on any atom is 0.270 e. The summed E-state index contributed by atoms with van der Waals surface area (Å²) in [5, 5.41) is 13.6. The Kier molecular flexibility index (Phi) is 5.70. The highest BCUT2D eigenvalue weighted by Gasteiger charge is 2.37. The summed E-state index contributed by atoms with van der Waals surface area (Å²) in [5.41, 5.74) is 0.403. The highest BCUT2D eigenvalue weighted by Crippen LogP contribution is 2.32. The third-order valence-corrected chi connectivity index (χ3v) is 5.58. The number of likely N-dealkylation sites (tertiary alicyclic amines) is 1. The van der Waals surface area contributed by atoms with Gasteiger partial charge in [0.2, 0.25) is 11.8 Å². The number of benzene rings is 1. The van der Waals surface area contributed by atoms with E-state index in [0.29, 0.717) is 23.0 Å². The molecule has 1 aromatic carbocycles. The Hall–Kier alpha value is -2.22. The molecule has 2 unspecified atom stereocenters. The van der Waals surface area contributed by atoms with Crippen molar-refractivity contribution in [1.82, 2.24) is 4.90 Å². The van der Waals surface area contributed by atoms with Crippen LogP contribution in [-0.2, 0) is 9.59 Å². The standard InChI is InChI=1S/C18H20BrN3O4/c19-15-11-12(22(25)26)7-8-16(15)20-17(23)13-5-1-2-6-14(13)18(24)21-9-3-4-10-21/h1-2,7-8,11,13-14H,3-6,9-10H2,(H,20,23). The number of anilines is 1. The molecule has 0 aromatic heterocycles. The van der Waals surface area contributed by atoms with E-state index in [1.165, 1.54) is 18.2 Å². The van der Waals surface area contributed by atoms with Crippen molar-refractivity contribution in [3.05, 3.63) is 44.9 Å². The predicted octanol–water partition coefficient (Wildman–Crippen LogP) is 3.50. The van der Waals surface area contributed by atoms with E-state index < -0.39 is 10.8 Å². The Labute approximate surface area is 159 Å². The van der Waals surface area contributed by atoms with Crippen LogP contribution >= 0.6 is 15.9 Å². The number of amides is 2. The second-order valence-electron chi connectivity index (χ2n) is 6.60. The summed E-state index contributed by atoms with van der Waals surface area (Å²) in [7, 11) is 0. The minimum atomic E-state index is -0.493. The fraction of sp³-hybridized carbons (Fsp3) is 0.444. The summed E-state index contributed by atoms with van der Waals surface area (Å²) in [6.45, 7) is 1.53. The molecular weight excluding hydrogens is 402 g/mol. The highest BCUT2D eigenvalue weighted by atomic mass is 79.9. The third kappa shape index (κ3) is 3.95. The number of allylic oxidation sites excluding steroid dienone is 2. The van der Waals surface area contributed by atoms with Gasteiger partial charge in [0.05, 0.1) is 22.4 Å². The normalized spacial score (nSPS) is 22.3. The first-order chi connectivity index (χ1) is 12.5. The van der Waals surface area contributed by atoms with Crippen molar-refractivity contribution in [2.75, 3.05) is 18.4 Å². The Bertz CT molecular complexity index is 759. The van der Waals surface area contributed by atoms with Gasteiger partial charge in [0.1, 0.15) is 0 Å². The summed E-state index contributed by atoms with van der Waals surface area (Å²) >= 11 is 3.26. The van der Waals surface area contributed by atoms with Crippen LogP contribution in [0.3, 0.4) is 0 Å². The molecule has 2 atom stereocenters. The monoisotopic (exact) mass is 421 g/mol. The molecule has 1 aliphatic carbocycles. The van der Waals surface area contributed by atoms with Gasteiger partial charge in [-0.05, 0) is 47.7 Å². The minimum absolute atomic E-state index is 0.0507. The van der Waals surface area contributed by atoms with Crippen LogP contribution in [0, 0.1) is 22.0 Å². The molecule has 1 aromatic rings. The maximum atomic E-state index is 12.8. The van der Waals surface area contributed by atoms with Gasteiger partial charge >= 0.3 is 0 Å². The molecule has 0 saturated carbocycles. The lowest BCUT2D eigenvalue weighted by atomic mass is 9.81. The molecule has 1 heterocycles. The van der Waals surface area contributed by atoms with Crippen molar-refractivity contribution < 1.29 is 14.5 Å². The van der Waals surface area contributed by atoms with E-state index >= 15 is 0 Å². The van der Waals surface area contributed by atoms with Crippen molar-refractivity contribution in [2.45, 2.75) is 25.7 Å². The van der Waals surface area contributed by atoms with Crippen LogP contribution in [0.25, 0.3) is 0 Å². The van der Waals surface area contributed by atoms with Gasteiger partial charge in [-0.2, -0.15) is 0 Å². The van der Waals surface area contributed by atoms with Crippen LogP contribution in [0.1, 0.15) is 25.7 Å². The number of non-ortho nitro benzene ring substituents is 1. The summed E-state index contributed by atoms with van der Waals surface area (Å²) in [5.74, 6) is -0.971. The van der Waals surface area contributed by atoms with Crippen molar-refractivity contribution in [1.29, 1.82) is 0 Å². The number of hydrogen-bond donors (Lipinski definition) is 1. The molecule has 1 aliphatic heterocycles. The molecule has 1 fully saturated rings. The zero-order chi connectivity index (χ0) is 18.7. The number of nitrogens with zero attached hydrogens (tertiary/aromatic N) is 2. The number of halogens is 1. The number of carbonyl (C=O) groups is 2. The third-order valence-electron chi connectivity index (χ3n) is 4.93. The SMILES string of the molecule is O=C(Nc1ccc([N+](=O)[O-])cc1Br)C1CC=CCC1C(=O)N1CCCC1. The zero-order valence-electron chi connectivity index (χ0n) is 14.2. The van der Waals surface area contributed by atoms with Gasteiger partial charge in [-0.15, -0.1) is 0 Å². The quantitative estimate of drug-likeness (QED) is 0.457. The fourth-order valence-electron chi connectivity index (χ4n) is 3.49. The Balaban J connectivity index is 1.74. The van der Waals surface area contributed by atoms with E-state index in [4.69, 9.17) is 0 Å². The molecule has 3 rings (SSSR count). The molecule has 26 heavy (non-hydrogen) atoms. The highest BCUT2D eigenvalue weighted by molar-refractivity contribution is 9.10. The van der Waals surface area contributed by atoms with Gasteiger partial charge in [-0.25, -0.2) is 0 Å². The van der Waals surface area contributed by atoms with Gasteiger partial charge in [0.25, 0.3) is 5.69 Å². The second-order valence-corrected chi connectivity index (χ2v) is 7.45. The van der Waals surface area contributed by atoms with Gasteiger partial charge in [0, 0.05) is 29.7 Å². The van der Waals surface area contributed by atoms with Crippen LogP contribution in [0.15, 0.2) is 34.8 Å². The van der Waals surface area contributed by atoms with Crippen molar-refractivity contribution in [3.8, 4) is 0 Å². The van der Waals surface area contributed by atoms with Gasteiger partial charge < -0.3 is 10.2 Å². The molecule has 2 amide bonds. The van der Waals surface area contributed by atoms with Crippen LogP contribution < -0.4 is 5.32 Å². The molecule has 0 radical (unpaired) electrons. The van der Waals surface area contributed by atoms with E-state index in [1.807, 2.05) is 17.1 Å². The average Bonchev–Trinajstić information content (AvgIpc) is 3.17. The number of nitro groups is 1. The number of nitro benzene ring substituents is 1. The lowest BCUT2D eigenvalue weighted by Gasteiger charge is -2.30. The Morgan fingerprint density at radius 3 is 2.42 bits per heavy atom. The molecule has 1 saturated heterocycles. The van der Waals surface area contributed by atoms with Gasteiger partial charge in [0.15, 0.2) is 0 Å². The molecule has 0 bridgehead atoms. The molecule has 0 spiro atoms. The first-order valence-electron chi connectivity index (χ1n) is 8.66. The summed E-state index contributed by atoms with van der Waals surface area (Å²) in [6.07, 6.45) is 7.00. The molecule has 138 valence electrons. The fourth-order valence-corrected chi connectivity index (χ4v) is 3.96. The zero-order valence-corrected chi connectivity index (χ0v) is 15.8. The summed E-state index contributed by atoms with van der Waals surface area (Å²) in [6, 6.07) is 4.19. The van der Waals surface area contributed by atoms with Gasteiger partial charge in [-0.3, -0.25) is 19.7 Å². The van der Waals surface area contributed by atoms with Crippen LogP contribution in [-0.4, -0.2) is 34.7 Å². The summed E-state index contributed by atoms with van der Waals surface area (Å²) < 4.78 is 0.439. The van der Waals surface area contributed by atoms with E-state index in [0.717, 1.165) is 25.9 Å². The number of hydrogen-bond acceptors (Lipinski definition) is 4. The van der Waals surface area contributed by atoms with Crippen molar-refractivity contribution >= 4 is 39.1 Å². The van der Waals surface area contributed by atoms with E-state index in [9.17, 15) is 19.7 Å². The van der Waals surface area contributed by atoms with Gasteiger partial charge in [-0.1, -0.05) is 12.2 Å². The molecule has 1 N–H and O–H groups in total. The Morgan fingerprint density at radius 2 is 1.81 bits per heavy atom. The topological polar surface area (TPSA) is 92.5 Å². The summed E-state index contributed by atoms with van der Waals surface area (Å²) in [4.78, 5) is 37.8. The van der Waals surface area contributed by atoms with Crippen molar-refractivity contribution in [3.63, 3.8) is 0 Å². The Morgan fingerprint density at radius 1 is 1.15 bits per heavy atom. The first-order valence-corrected chi connectivity index (χ1v) is 9.45. The van der Waals surface area contributed by atoms with Crippen LogP contribution in [0.5, 0.6) is 0 Å². The minimum Gasteiger partial charge on any atom is -0.342 e. The van der Waals surface area contributed by atoms with Crippen molar-refractivity contribution in [2.24, 2.45) is 11.8 Å². The van der Waals surface area contributed by atoms with E-state index in [2.05, 4.69) is 21.2 Å². The van der Waals surface area contributed by atoms with Crippen LogP contribution in [0.2, 0.25) is 0 Å². The predicted molar refractivity (Wildman–Crippen MR) is 101 cm³/mol. The first kappa shape index (κ1) is 18.6. The largest absolute Gasteiger partial charge is 0.342 e. The second kappa shape index (κ2) is 7.99. The number of carbonyl (C=O) groups excluding carboxylic acids is 2. The lowest BCUT2D eigenvalue weighted by Crippen LogP contribution is -2.42.